The molecule has 74 valence electrons. The van der Waals surface area contributed by atoms with Gasteiger partial charge in [-0.3, -0.25) is 4.99 Å². The molecule has 0 radical (unpaired) electrons. The van der Waals surface area contributed by atoms with Gasteiger partial charge >= 0.3 is 0 Å². The molecule has 1 aliphatic rings. The largest absolute Gasteiger partial charge is 0.497 e. The summed E-state index contributed by atoms with van der Waals surface area (Å²) >= 11 is 0. The van der Waals surface area contributed by atoms with E-state index >= 15 is 0 Å². The van der Waals surface area contributed by atoms with Crippen LogP contribution < -0.4 is 10.1 Å². The molecule has 1 atom stereocenters. The van der Waals surface area contributed by atoms with Crippen LogP contribution in [-0.4, -0.2) is 25.9 Å². The van der Waals surface area contributed by atoms with E-state index in [0.717, 1.165) is 18.8 Å². The van der Waals surface area contributed by atoms with E-state index in [0.29, 0.717) is 6.04 Å². The Bertz CT molecular complexity index is 313. The van der Waals surface area contributed by atoms with Gasteiger partial charge in [-0.25, -0.2) is 0 Å². The molecule has 1 aliphatic heterocycles. The Balaban J connectivity index is 1.77. The maximum absolute atomic E-state index is 5.08. The van der Waals surface area contributed by atoms with Gasteiger partial charge in [0.15, 0.2) is 0 Å². The lowest BCUT2D eigenvalue weighted by Crippen LogP contribution is -2.19. The van der Waals surface area contributed by atoms with Crippen molar-refractivity contribution in [2.45, 2.75) is 12.6 Å². The van der Waals surface area contributed by atoms with Gasteiger partial charge in [0.05, 0.1) is 13.2 Å². The summed E-state index contributed by atoms with van der Waals surface area (Å²) in [5.41, 5.74) is 1.27. The third kappa shape index (κ3) is 2.57. The number of rotatable bonds is 5. The van der Waals surface area contributed by atoms with Crippen LogP contribution in [0.1, 0.15) is 5.56 Å². The van der Waals surface area contributed by atoms with Crippen molar-refractivity contribution >= 4 is 6.21 Å². The van der Waals surface area contributed by atoms with Gasteiger partial charge < -0.3 is 10.1 Å². The molecule has 3 heteroatoms. The van der Waals surface area contributed by atoms with Crippen LogP contribution in [0.2, 0.25) is 0 Å². The van der Waals surface area contributed by atoms with E-state index in [1.165, 1.54) is 5.56 Å². The second kappa shape index (κ2) is 4.24. The Kier molecular flexibility index (Phi) is 2.79. The zero-order valence-electron chi connectivity index (χ0n) is 8.23. The summed E-state index contributed by atoms with van der Waals surface area (Å²) < 4.78 is 5.08. The fraction of sp³-hybridized carbons (Fsp3) is 0.364. The zero-order chi connectivity index (χ0) is 9.80. The third-order valence-corrected chi connectivity index (χ3v) is 2.20. The molecule has 0 spiro atoms. The fourth-order valence-corrected chi connectivity index (χ4v) is 1.27. The number of hydrogen-bond acceptors (Lipinski definition) is 3. The van der Waals surface area contributed by atoms with Crippen molar-refractivity contribution in [2.75, 3.05) is 13.7 Å². The quantitative estimate of drug-likeness (QED) is 0.757. The Labute approximate surface area is 83.8 Å². The van der Waals surface area contributed by atoms with E-state index in [1.54, 1.807) is 7.11 Å². The maximum atomic E-state index is 5.08. The van der Waals surface area contributed by atoms with Gasteiger partial charge in [0.2, 0.25) is 0 Å². The van der Waals surface area contributed by atoms with E-state index in [4.69, 9.17) is 4.74 Å². The SMILES string of the molecule is COc1ccc(CNCC2C=N2)cc1. The molecule has 0 bridgehead atoms. The predicted molar refractivity (Wildman–Crippen MR) is 57.0 cm³/mol. The van der Waals surface area contributed by atoms with Crippen molar-refractivity contribution in [1.29, 1.82) is 0 Å². The zero-order valence-corrected chi connectivity index (χ0v) is 8.23. The lowest BCUT2D eigenvalue weighted by atomic mass is 10.2. The van der Waals surface area contributed by atoms with Crippen LogP contribution in [-0.2, 0) is 6.54 Å². The van der Waals surface area contributed by atoms with Crippen molar-refractivity contribution < 1.29 is 4.74 Å². The average Bonchev–Trinajstić information content (AvgIpc) is 3.03. The van der Waals surface area contributed by atoms with Gasteiger partial charge in [-0.1, -0.05) is 12.1 Å². The molecule has 0 aromatic heterocycles. The highest BCUT2D eigenvalue weighted by atomic mass is 16.5. The molecule has 0 saturated heterocycles. The highest BCUT2D eigenvalue weighted by Gasteiger charge is 2.10. The first-order valence-corrected chi connectivity index (χ1v) is 4.75. The topological polar surface area (TPSA) is 33.6 Å². The Morgan fingerprint density at radius 1 is 1.36 bits per heavy atom. The molecule has 1 aromatic rings. The molecule has 0 fully saturated rings. The second-order valence-corrected chi connectivity index (χ2v) is 3.34. The highest BCUT2D eigenvalue weighted by Crippen LogP contribution is 2.11. The number of hydrogen-bond donors (Lipinski definition) is 1. The molecular weight excluding hydrogens is 176 g/mol. The first-order valence-electron chi connectivity index (χ1n) is 4.75. The average molecular weight is 190 g/mol. The third-order valence-electron chi connectivity index (χ3n) is 2.20. The molecule has 2 rings (SSSR count). The highest BCUT2D eigenvalue weighted by molar-refractivity contribution is 5.77. The summed E-state index contributed by atoms with van der Waals surface area (Å²) in [4.78, 5) is 4.05. The standard InChI is InChI=1S/C11H14N2O/c1-14-11-4-2-9(3-5-11)6-12-7-10-8-13-10/h2-5,8,10,12H,6-7H2,1H3. The predicted octanol–water partition coefficient (Wildman–Crippen LogP) is 1.24. The van der Waals surface area contributed by atoms with Crippen LogP contribution in [0.15, 0.2) is 29.3 Å². The van der Waals surface area contributed by atoms with Crippen LogP contribution in [0, 0.1) is 0 Å². The summed E-state index contributed by atoms with van der Waals surface area (Å²) in [5.74, 6) is 0.902. The van der Waals surface area contributed by atoms with E-state index in [-0.39, 0.29) is 0 Å². The molecular formula is C11H14N2O. The molecule has 1 aromatic carbocycles. The van der Waals surface area contributed by atoms with Gasteiger partial charge in [0, 0.05) is 19.3 Å². The van der Waals surface area contributed by atoms with Crippen LogP contribution in [0.4, 0.5) is 0 Å². The molecule has 1 heterocycles. The number of nitrogens with one attached hydrogen (secondary N) is 1. The summed E-state index contributed by atoms with van der Waals surface area (Å²) in [7, 11) is 1.68. The van der Waals surface area contributed by atoms with Crippen molar-refractivity contribution in [1.82, 2.24) is 5.32 Å². The Hall–Kier alpha value is -1.35. The normalized spacial score (nSPS) is 18.2. The van der Waals surface area contributed by atoms with E-state index in [1.807, 2.05) is 18.3 Å². The number of aliphatic imine (C=N–C) groups is 1. The van der Waals surface area contributed by atoms with Gasteiger partial charge in [0.1, 0.15) is 5.75 Å². The van der Waals surface area contributed by atoms with Gasteiger partial charge in [0.25, 0.3) is 0 Å². The monoisotopic (exact) mass is 190 g/mol. The second-order valence-electron chi connectivity index (χ2n) is 3.34. The lowest BCUT2D eigenvalue weighted by molar-refractivity contribution is 0.414. The van der Waals surface area contributed by atoms with Gasteiger partial charge in [-0.05, 0) is 17.7 Å². The van der Waals surface area contributed by atoms with Crippen LogP contribution in [0.25, 0.3) is 0 Å². The maximum Gasteiger partial charge on any atom is 0.118 e. The molecule has 1 N–H and O–H groups in total. The summed E-state index contributed by atoms with van der Waals surface area (Å²) in [6.07, 6.45) is 1.96. The molecule has 0 amide bonds. The summed E-state index contributed by atoms with van der Waals surface area (Å²) in [6, 6.07) is 8.54. The van der Waals surface area contributed by atoms with Crippen molar-refractivity contribution in [2.24, 2.45) is 4.99 Å². The molecule has 3 nitrogen and oxygen atoms in total. The first-order chi connectivity index (χ1) is 6.88. The van der Waals surface area contributed by atoms with E-state index in [2.05, 4.69) is 22.4 Å². The minimum absolute atomic E-state index is 0.452. The van der Waals surface area contributed by atoms with Crippen molar-refractivity contribution in [3.63, 3.8) is 0 Å². The number of methoxy groups -OCH3 is 1. The van der Waals surface area contributed by atoms with Crippen LogP contribution in [0.5, 0.6) is 5.75 Å². The first kappa shape index (κ1) is 9.21. The summed E-state index contributed by atoms with van der Waals surface area (Å²) in [5, 5.41) is 3.34. The van der Waals surface area contributed by atoms with E-state index in [9.17, 15) is 0 Å². The van der Waals surface area contributed by atoms with Crippen LogP contribution >= 0.6 is 0 Å². The number of ether oxygens (including phenoxy) is 1. The summed E-state index contributed by atoms with van der Waals surface area (Å²) in [6.45, 7) is 1.84. The Morgan fingerprint density at radius 2 is 2.07 bits per heavy atom. The molecule has 1 unspecified atom stereocenters. The Morgan fingerprint density at radius 3 is 2.64 bits per heavy atom. The van der Waals surface area contributed by atoms with Crippen molar-refractivity contribution in [3.8, 4) is 5.75 Å². The van der Waals surface area contributed by atoms with Crippen molar-refractivity contribution in [3.05, 3.63) is 29.8 Å². The molecule has 0 saturated carbocycles. The van der Waals surface area contributed by atoms with Gasteiger partial charge in [-0.2, -0.15) is 0 Å². The van der Waals surface area contributed by atoms with Gasteiger partial charge in [-0.15, -0.1) is 0 Å². The number of benzene rings is 1. The minimum Gasteiger partial charge on any atom is -0.497 e. The molecule has 0 aliphatic carbocycles. The fourth-order valence-electron chi connectivity index (χ4n) is 1.27. The lowest BCUT2D eigenvalue weighted by Gasteiger charge is -2.04. The number of nitrogens with zero attached hydrogens (tertiary/aromatic N) is 1. The smallest absolute Gasteiger partial charge is 0.118 e. The van der Waals surface area contributed by atoms with E-state index < -0.39 is 0 Å². The minimum atomic E-state index is 0.452. The van der Waals surface area contributed by atoms with Crippen LogP contribution in [0.3, 0.4) is 0 Å². The molecule has 14 heavy (non-hydrogen) atoms.